The van der Waals surface area contributed by atoms with E-state index in [-0.39, 0.29) is 36.8 Å². The van der Waals surface area contributed by atoms with Crippen LogP contribution in [0.2, 0.25) is 10.0 Å². The van der Waals surface area contributed by atoms with E-state index in [9.17, 15) is 18.4 Å². The third-order valence-corrected chi connectivity index (χ3v) is 7.57. The number of alkyl halides is 2. The molecule has 1 fully saturated rings. The Kier molecular flexibility index (Phi) is 8.79. The molecule has 5 rings (SSSR count). The van der Waals surface area contributed by atoms with E-state index in [4.69, 9.17) is 37.4 Å². The Balaban J connectivity index is 1.42. The topological polar surface area (TPSA) is 88.4 Å². The van der Waals surface area contributed by atoms with Gasteiger partial charge in [0, 0.05) is 17.7 Å². The normalized spacial score (nSPS) is 15.1. The number of aromatic amines is 1. The van der Waals surface area contributed by atoms with Crippen molar-refractivity contribution >= 4 is 40.8 Å². The van der Waals surface area contributed by atoms with Gasteiger partial charge in [-0.15, -0.1) is 0 Å². The van der Waals surface area contributed by atoms with Gasteiger partial charge in [0.05, 0.1) is 20.1 Å². The number of amides is 1. The monoisotopic (exact) mass is 607 g/mol. The maximum atomic E-state index is 13.3. The number of carbonyl (C=O) groups is 2. The largest absolute Gasteiger partial charge is 0.497 e. The van der Waals surface area contributed by atoms with Crippen molar-refractivity contribution in [3.8, 4) is 17.2 Å². The van der Waals surface area contributed by atoms with Crippen LogP contribution in [0, 0.1) is 5.92 Å². The minimum atomic E-state index is -3.04. The van der Waals surface area contributed by atoms with Gasteiger partial charge in [-0.2, -0.15) is 8.78 Å². The molecule has 41 heavy (non-hydrogen) atoms. The number of esters is 1. The Morgan fingerprint density at radius 2 is 1.85 bits per heavy atom. The van der Waals surface area contributed by atoms with E-state index < -0.39 is 18.7 Å². The second-order valence-electron chi connectivity index (χ2n) is 9.80. The Labute approximate surface area is 245 Å². The summed E-state index contributed by atoms with van der Waals surface area (Å²) in [5, 5.41) is 0.637. The van der Waals surface area contributed by atoms with E-state index in [1.54, 1.807) is 30.6 Å². The average Bonchev–Trinajstić information content (AvgIpc) is 3.72. The molecule has 1 saturated carbocycles. The summed E-state index contributed by atoms with van der Waals surface area (Å²) < 4.78 is 47.8. The standard InChI is InChI=1S/C29H26Cl2F2N2O6/c1-38-19-5-6-23-18(8-19)10-27(36)35(23)14-28(37)40-25(11-20-21(30)12-34-13-22(20)31)17-4-7-24(41-29(32)33)26(9-17)39-15-16-2-3-16/h4-9,12-13,16,25,29H,2-3,10-11,14-15H2,1H3/p+1/t25-/m0/s1. The van der Waals surface area contributed by atoms with Crippen LogP contribution < -0.4 is 24.1 Å². The zero-order chi connectivity index (χ0) is 29.1. The van der Waals surface area contributed by atoms with Gasteiger partial charge in [0.25, 0.3) is 0 Å². The van der Waals surface area contributed by atoms with Gasteiger partial charge < -0.3 is 23.8 Å². The molecule has 2 heterocycles. The highest BCUT2D eigenvalue weighted by Gasteiger charge is 2.32. The first kappa shape index (κ1) is 28.9. The number of nitrogens with one attached hydrogen (secondary N) is 1. The summed E-state index contributed by atoms with van der Waals surface area (Å²) in [7, 11) is 1.53. The molecule has 0 unspecified atom stereocenters. The molecular weight excluding hydrogens is 581 g/mol. The first-order valence-corrected chi connectivity index (χ1v) is 13.7. The molecule has 0 spiro atoms. The third kappa shape index (κ3) is 7.00. The molecule has 0 radical (unpaired) electrons. The maximum Gasteiger partial charge on any atom is 0.387 e. The van der Waals surface area contributed by atoms with E-state index in [1.165, 1.54) is 30.2 Å². The number of nitrogens with zero attached hydrogens (tertiary/aromatic N) is 1. The number of H-pyrrole nitrogens is 1. The van der Waals surface area contributed by atoms with Crippen LogP contribution in [-0.4, -0.2) is 38.7 Å². The van der Waals surface area contributed by atoms with E-state index in [0.29, 0.717) is 45.1 Å². The molecule has 0 bridgehead atoms. The summed E-state index contributed by atoms with van der Waals surface area (Å²) in [6.07, 6.45) is 4.32. The van der Waals surface area contributed by atoms with Crippen LogP contribution in [0.15, 0.2) is 48.8 Å². The number of hydrogen-bond donors (Lipinski definition) is 0. The fourth-order valence-electron chi connectivity index (χ4n) is 4.59. The van der Waals surface area contributed by atoms with Crippen molar-refractivity contribution in [2.24, 2.45) is 5.92 Å². The molecule has 1 aromatic heterocycles. The summed E-state index contributed by atoms with van der Waals surface area (Å²) in [6.45, 7) is -3.03. The predicted molar refractivity (Wildman–Crippen MR) is 146 cm³/mol. The van der Waals surface area contributed by atoms with Crippen molar-refractivity contribution in [3.05, 3.63) is 75.5 Å². The van der Waals surface area contributed by atoms with Crippen LogP contribution >= 0.6 is 23.2 Å². The van der Waals surface area contributed by atoms with E-state index in [1.807, 2.05) is 0 Å². The number of carbonyl (C=O) groups excluding carboxylic acids is 2. The van der Waals surface area contributed by atoms with Gasteiger partial charge in [-0.3, -0.25) is 9.59 Å². The van der Waals surface area contributed by atoms with Crippen LogP contribution in [0.4, 0.5) is 14.5 Å². The number of halogens is 4. The lowest BCUT2D eigenvalue weighted by Gasteiger charge is -2.23. The molecule has 2 aliphatic rings. The number of benzene rings is 2. The molecule has 1 N–H and O–H groups in total. The Bertz CT molecular complexity index is 1430. The smallest absolute Gasteiger partial charge is 0.387 e. The second kappa shape index (κ2) is 12.5. The van der Waals surface area contributed by atoms with Gasteiger partial charge in [-0.25, -0.2) is 4.98 Å². The Morgan fingerprint density at radius 3 is 2.54 bits per heavy atom. The zero-order valence-electron chi connectivity index (χ0n) is 22.0. The number of rotatable bonds is 12. The fourth-order valence-corrected chi connectivity index (χ4v) is 5.12. The van der Waals surface area contributed by atoms with Gasteiger partial charge >= 0.3 is 12.6 Å². The first-order chi connectivity index (χ1) is 19.7. The maximum absolute atomic E-state index is 13.3. The van der Waals surface area contributed by atoms with E-state index in [0.717, 1.165) is 18.4 Å². The van der Waals surface area contributed by atoms with Gasteiger partial charge in [0.2, 0.25) is 5.91 Å². The molecule has 2 aromatic carbocycles. The van der Waals surface area contributed by atoms with Crippen molar-refractivity contribution in [2.75, 3.05) is 25.2 Å². The molecular formula is C29H27Cl2F2N2O6+. The van der Waals surface area contributed by atoms with Gasteiger partial charge in [-0.05, 0) is 60.2 Å². The molecule has 8 nitrogen and oxygen atoms in total. The lowest BCUT2D eigenvalue weighted by molar-refractivity contribution is -0.377. The summed E-state index contributed by atoms with van der Waals surface area (Å²) in [5.41, 5.74) is 2.29. The quantitative estimate of drug-likeness (QED) is 0.248. The molecule has 216 valence electrons. The predicted octanol–water partition coefficient (Wildman–Crippen LogP) is 5.62. The summed E-state index contributed by atoms with van der Waals surface area (Å²) in [6, 6.07) is 9.55. The summed E-state index contributed by atoms with van der Waals surface area (Å²) >= 11 is 12.8. The zero-order valence-corrected chi connectivity index (χ0v) is 23.5. The highest BCUT2D eigenvalue weighted by Crippen LogP contribution is 2.38. The lowest BCUT2D eigenvalue weighted by atomic mass is 10.0. The van der Waals surface area contributed by atoms with E-state index in [2.05, 4.69) is 9.72 Å². The second-order valence-corrected chi connectivity index (χ2v) is 10.6. The molecule has 12 heteroatoms. The molecule has 0 saturated heterocycles. The molecule has 1 aliphatic heterocycles. The number of fused-ring (bicyclic) bond motifs is 1. The minimum absolute atomic E-state index is 0.0664. The van der Waals surface area contributed by atoms with Crippen molar-refractivity contribution in [1.29, 1.82) is 0 Å². The summed E-state index contributed by atoms with van der Waals surface area (Å²) in [5.74, 6) is -0.00751. The SMILES string of the molecule is COc1ccc2c(c1)CC(=O)N2CC(=O)O[C@@H](Cc1c(Cl)c[nH+]cc1Cl)c1ccc(OC(F)F)c(OCC2CC2)c1. The lowest BCUT2D eigenvalue weighted by Crippen LogP contribution is -2.34. The number of aromatic nitrogens is 1. The van der Waals surface area contributed by atoms with Crippen LogP contribution in [0.25, 0.3) is 0 Å². The molecule has 1 aliphatic carbocycles. The van der Waals surface area contributed by atoms with Crippen molar-refractivity contribution in [2.45, 2.75) is 38.4 Å². The average molecular weight is 608 g/mol. The number of ether oxygens (including phenoxy) is 4. The Hall–Kier alpha value is -3.63. The van der Waals surface area contributed by atoms with Crippen molar-refractivity contribution in [1.82, 2.24) is 0 Å². The molecule has 1 atom stereocenters. The number of methoxy groups -OCH3 is 1. The molecule has 3 aromatic rings. The summed E-state index contributed by atoms with van der Waals surface area (Å²) in [4.78, 5) is 30.2. The number of hydrogen-bond acceptors (Lipinski definition) is 6. The van der Waals surface area contributed by atoms with Crippen LogP contribution in [-0.2, 0) is 27.2 Å². The van der Waals surface area contributed by atoms with Crippen molar-refractivity contribution in [3.63, 3.8) is 0 Å². The highest BCUT2D eigenvalue weighted by molar-refractivity contribution is 6.35. The Morgan fingerprint density at radius 1 is 1.10 bits per heavy atom. The van der Waals surface area contributed by atoms with Crippen LogP contribution in [0.5, 0.6) is 17.2 Å². The molecule has 1 amide bonds. The fraction of sp³-hybridized carbons (Fsp3) is 0.345. The van der Waals surface area contributed by atoms with Gasteiger partial charge in [-0.1, -0.05) is 29.3 Å². The van der Waals surface area contributed by atoms with Gasteiger partial charge in [0.1, 0.15) is 28.4 Å². The van der Waals surface area contributed by atoms with E-state index >= 15 is 0 Å². The third-order valence-electron chi connectivity index (χ3n) is 6.89. The minimum Gasteiger partial charge on any atom is -0.497 e. The van der Waals surface area contributed by atoms with Crippen molar-refractivity contribution < 1.29 is 42.3 Å². The highest BCUT2D eigenvalue weighted by atomic mass is 35.5. The van der Waals surface area contributed by atoms with Gasteiger partial charge in [0.15, 0.2) is 23.9 Å². The number of pyridine rings is 1. The van der Waals surface area contributed by atoms with Crippen LogP contribution in [0.1, 0.15) is 35.6 Å². The first-order valence-electron chi connectivity index (χ1n) is 12.9. The number of anilines is 1. The van der Waals surface area contributed by atoms with Crippen LogP contribution in [0.3, 0.4) is 0 Å².